The first-order chi connectivity index (χ1) is 9.67. The highest BCUT2D eigenvalue weighted by Gasteiger charge is 2.16. The van der Waals surface area contributed by atoms with Crippen molar-refractivity contribution in [1.29, 1.82) is 0 Å². The van der Waals surface area contributed by atoms with Crippen LogP contribution in [-0.2, 0) is 14.6 Å². The topological polar surface area (TPSA) is 98.5 Å². The summed E-state index contributed by atoms with van der Waals surface area (Å²) in [6, 6.07) is 4.31. The molecule has 3 N–H and O–H groups in total. The van der Waals surface area contributed by atoms with E-state index in [1.807, 2.05) is 0 Å². The Morgan fingerprint density at radius 2 is 1.90 bits per heavy atom. The van der Waals surface area contributed by atoms with E-state index in [0.29, 0.717) is 5.69 Å². The average Bonchev–Trinajstić information content (AvgIpc) is 2.36. The molecule has 0 radical (unpaired) electrons. The summed E-state index contributed by atoms with van der Waals surface area (Å²) in [6.07, 6.45) is 1.05. The first kappa shape index (κ1) is 17.3. The van der Waals surface area contributed by atoms with Crippen molar-refractivity contribution in [2.75, 3.05) is 17.3 Å². The van der Waals surface area contributed by atoms with Gasteiger partial charge in [0.25, 0.3) is 0 Å². The van der Waals surface area contributed by atoms with Crippen LogP contribution in [0.3, 0.4) is 0 Å². The van der Waals surface area contributed by atoms with Crippen LogP contribution in [0.1, 0.15) is 6.42 Å². The Labute approximate surface area is 121 Å². The van der Waals surface area contributed by atoms with Crippen molar-refractivity contribution in [1.82, 2.24) is 0 Å². The number of alkyl halides is 2. The van der Waals surface area contributed by atoms with Crippen molar-refractivity contribution in [2.24, 2.45) is 5.73 Å². The Morgan fingerprint density at radius 3 is 2.38 bits per heavy atom. The van der Waals surface area contributed by atoms with Gasteiger partial charge in [0.05, 0.1) is 11.8 Å². The molecule has 1 aromatic carbocycles. The van der Waals surface area contributed by atoms with Crippen molar-refractivity contribution in [3.63, 3.8) is 0 Å². The molecule has 21 heavy (non-hydrogen) atoms. The largest absolute Gasteiger partial charge is 0.435 e. The SMILES string of the molecule is CS(=O)(=O)CCC(N)C(=O)Nc1ccc(OC(F)F)cc1. The van der Waals surface area contributed by atoms with Gasteiger partial charge in [-0.2, -0.15) is 8.78 Å². The smallest absolute Gasteiger partial charge is 0.387 e. The number of amides is 1. The normalized spacial score (nSPS) is 13.0. The summed E-state index contributed by atoms with van der Waals surface area (Å²) >= 11 is 0. The van der Waals surface area contributed by atoms with Crippen LogP contribution in [0.2, 0.25) is 0 Å². The highest BCUT2D eigenvalue weighted by atomic mass is 32.2. The van der Waals surface area contributed by atoms with Gasteiger partial charge in [0, 0.05) is 11.9 Å². The molecule has 0 fully saturated rings. The van der Waals surface area contributed by atoms with E-state index in [0.717, 1.165) is 6.26 Å². The van der Waals surface area contributed by atoms with E-state index < -0.39 is 28.4 Å². The number of carbonyl (C=O) groups excluding carboxylic acids is 1. The molecule has 0 aliphatic carbocycles. The summed E-state index contributed by atoms with van der Waals surface area (Å²) in [7, 11) is -3.19. The monoisotopic (exact) mass is 322 g/mol. The second-order valence-electron chi connectivity index (χ2n) is 4.42. The van der Waals surface area contributed by atoms with Gasteiger partial charge in [0.1, 0.15) is 15.6 Å². The second kappa shape index (κ2) is 7.32. The van der Waals surface area contributed by atoms with Gasteiger partial charge >= 0.3 is 6.61 Å². The van der Waals surface area contributed by atoms with E-state index >= 15 is 0 Å². The quantitative estimate of drug-likeness (QED) is 0.780. The molecular formula is C12H16F2N2O4S. The Kier molecular flexibility index (Phi) is 6.03. The van der Waals surface area contributed by atoms with E-state index in [2.05, 4.69) is 10.1 Å². The molecule has 6 nitrogen and oxygen atoms in total. The van der Waals surface area contributed by atoms with Crippen LogP contribution >= 0.6 is 0 Å². The van der Waals surface area contributed by atoms with E-state index in [4.69, 9.17) is 5.73 Å². The first-order valence-electron chi connectivity index (χ1n) is 5.96. The highest BCUT2D eigenvalue weighted by Crippen LogP contribution is 2.17. The highest BCUT2D eigenvalue weighted by molar-refractivity contribution is 7.90. The molecule has 0 saturated heterocycles. The fourth-order valence-corrected chi connectivity index (χ4v) is 2.11. The van der Waals surface area contributed by atoms with Crippen LogP contribution in [0.4, 0.5) is 14.5 Å². The molecule has 0 aliphatic rings. The molecule has 1 aromatic rings. The molecule has 0 aromatic heterocycles. The summed E-state index contributed by atoms with van der Waals surface area (Å²) in [5.41, 5.74) is 5.91. The molecule has 0 saturated carbocycles. The molecule has 1 unspecified atom stereocenters. The zero-order valence-electron chi connectivity index (χ0n) is 11.3. The lowest BCUT2D eigenvalue weighted by atomic mass is 10.2. The van der Waals surface area contributed by atoms with E-state index in [-0.39, 0.29) is 17.9 Å². The molecular weight excluding hydrogens is 306 g/mol. The van der Waals surface area contributed by atoms with Gasteiger partial charge in [0.15, 0.2) is 0 Å². The number of hydrogen-bond acceptors (Lipinski definition) is 5. The summed E-state index contributed by atoms with van der Waals surface area (Å²) in [4.78, 5) is 11.7. The molecule has 0 aliphatic heterocycles. The number of benzene rings is 1. The predicted molar refractivity (Wildman–Crippen MR) is 74.0 cm³/mol. The minimum atomic E-state index is -3.19. The Hall–Kier alpha value is -1.74. The number of rotatable bonds is 7. The van der Waals surface area contributed by atoms with Crippen LogP contribution in [0.5, 0.6) is 5.75 Å². The molecule has 0 bridgehead atoms. The molecule has 9 heteroatoms. The standard InChI is InChI=1S/C12H16F2N2O4S/c1-21(18,19)7-6-10(15)11(17)16-8-2-4-9(5-3-8)20-12(13)14/h2-5,10,12H,6-7,15H2,1H3,(H,16,17). The van der Waals surface area contributed by atoms with Crippen LogP contribution in [0, 0.1) is 0 Å². The van der Waals surface area contributed by atoms with Gasteiger partial charge in [0.2, 0.25) is 5.91 Å². The summed E-state index contributed by atoms with van der Waals surface area (Å²) in [5.74, 6) is -0.784. The van der Waals surface area contributed by atoms with E-state index in [9.17, 15) is 22.0 Å². The third kappa shape index (κ3) is 7.00. The summed E-state index contributed by atoms with van der Waals surface area (Å²) in [6.45, 7) is -2.92. The van der Waals surface area contributed by atoms with Crippen LogP contribution < -0.4 is 15.8 Å². The van der Waals surface area contributed by atoms with E-state index in [1.165, 1.54) is 24.3 Å². The summed E-state index contributed by atoms with van der Waals surface area (Å²) in [5, 5.41) is 2.46. The van der Waals surface area contributed by atoms with Gasteiger partial charge < -0.3 is 15.8 Å². The van der Waals surface area contributed by atoms with Crippen LogP contribution in [0.25, 0.3) is 0 Å². The maximum absolute atomic E-state index is 12.0. The van der Waals surface area contributed by atoms with Crippen molar-refractivity contribution >= 4 is 21.4 Å². The molecule has 1 amide bonds. The minimum Gasteiger partial charge on any atom is -0.435 e. The molecule has 1 rings (SSSR count). The zero-order valence-corrected chi connectivity index (χ0v) is 12.1. The maximum Gasteiger partial charge on any atom is 0.387 e. The van der Waals surface area contributed by atoms with Gasteiger partial charge in [-0.1, -0.05) is 0 Å². The lowest BCUT2D eigenvalue weighted by molar-refractivity contribution is -0.117. The molecule has 1 atom stereocenters. The number of hydrogen-bond donors (Lipinski definition) is 2. The van der Waals surface area contributed by atoms with Gasteiger partial charge in [-0.3, -0.25) is 4.79 Å². The Morgan fingerprint density at radius 1 is 1.33 bits per heavy atom. The fourth-order valence-electron chi connectivity index (χ4n) is 1.43. The lowest BCUT2D eigenvalue weighted by Gasteiger charge is -2.12. The number of anilines is 1. The van der Waals surface area contributed by atoms with Gasteiger partial charge in [-0.15, -0.1) is 0 Å². The first-order valence-corrected chi connectivity index (χ1v) is 8.02. The predicted octanol–water partition coefficient (Wildman–Crippen LogP) is 0.989. The molecule has 0 spiro atoms. The van der Waals surface area contributed by atoms with Crippen LogP contribution in [-0.4, -0.2) is 39.0 Å². The second-order valence-corrected chi connectivity index (χ2v) is 6.68. The summed E-state index contributed by atoms with van der Waals surface area (Å²) < 4.78 is 50.0. The van der Waals surface area contributed by atoms with Crippen molar-refractivity contribution in [3.8, 4) is 5.75 Å². The number of halogens is 2. The molecule has 0 heterocycles. The third-order valence-electron chi connectivity index (χ3n) is 2.48. The van der Waals surface area contributed by atoms with Gasteiger partial charge in [-0.25, -0.2) is 8.42 Å². The Bertz CT molecular complexity index is 575. The fraction of sp³-hybridized carbons (Fsp3) is 0.417. The molecule has 118 valence electrons. The number of carbonyl (C=O) groups is 1. The van der Waals surface area contributed by atoms with E-state index in [1.54, 1.807) is 0 Å². The van der Waals surface area contributed by atoms with Crippen molar-refractivity contribution in [2.45, 2.75) is 19.1 Å². The van der Waals surface area contributed by atoms with Crippen molar-refractivity contribution < 1.29 is 26.7 Å². The number of sulfone groups is 1. The van der Waals surface area contributed by atoms with Gasteiger partial charge in [-0.05, 0) is 30.7 Å². The maximum atomic E-state index is 12.0. The number of nitrogens with one attached hydrogen (secondary N) is 1. The Balaban J connectivity index is 2.54. The van der Waals surface area contributed by atoms with Crippen LogP contribution in [0.15, 0.2) is 24.3 Å². The lowest BCUT2D eigenvalue weighted by Crippen LogP contribution is -2.37. The zero-order chi connectivity index (χ0) is 16.0. The minimum absolute atomic E-state index is 0.00273. The average molecular weight is 322 g/mol. The third-order valence-corrected chi connectivity index (χ3v) is 3.46. The van der Waals surface area contributed by atoms with Crippen molar-refractivity contribution in [3.05, 3.63) is 24.3 Å². The number of nitrogens with two attached hydrogens (primary N) is 1. The number of ether oxygens (including phenoxy) is 1.